The van der Waals surface area contributed by atoms with E-state index in [2.05, 4.69) is 33.0 Å². The van der Waals surface area contributed by atoms with Crippen LogP contribution in [-0.4, -0.2) is 9.38 Å². The molecule has 0 radical (unpaired) electrons. The number of benzene rings is 1. The molecule has 0 aliphatic rings. The summed E-state index contributed by atoms with van der Waals surface area (Å²) < 4.78 is 3.07. The average molecular weight is 302 g/mol. The van der Waals surface area contributed by atoms with Crippen molar-refractivity contribution in [3.05, 3.63) is 52.9 Å². The second kappa shape index (κ2) is 4.14. The van der Waals surface area contributed by atoms with Gasteiger partial charge in [-0.2, -0.15) is 0 Å². The summed E-state index contributed by atoms with van der Waals surface area (Å²) >= 11 is 3.49. The Hall–Kier alpha value is -1.81. The molecule has 0 spiro atoms. The third kappa shape index (κ3) is 1.78. The number of hydrogen-bond acceptors (Lipinski definition) is 2. The quantitative estimate of drug-likeness (QED) is 0.745. The summed E-state index contributed by atoms with van der Waals surface area (Å²) in [5, 5.41) is 0. The van der Waals surface area contributed by atoms with Crippen LogP contribution >= 0.6 is 15.9 Å². The van der Waals surface area contributed by atoms with Gasteiger partial charge < -0.3 is 10.1 Å². The first-order chi connectivity index (χ1) is 8.65. The summed E-state index contributed by atoms with van der Waals surface area (Å²) in [5.74, 6) is 0.937. The van der Waals surface area contributed by atoms with Gasteiger partial charge in [-0.3, -0.25) is 0 Å². The summed E-state index contributed by atoms with van der Waals surface area (Å²) in [6.45, 7) is 1.98. The van der Waals surface area contributed by atoms with Gasteiger partial charge in [-0.25, -0.2) is 4.98 Å². The smallest absolute Gasteiger partial charge is 0.110 e. The molecule has 0 aliphatic carbocycles. The van der Waals surface area contributed by atoms with Crippen LogP contribution in [0.4, 0.5) is 5.69 Å². The molecule has 0 saturated heterocycles. The Morgan fingerprint density at radius 1 is 1.22 bits per heavy atom. The third-order valence-corrected chi connectivity index (χ3v) is 3.43. The van der Waals surface area contributed by atoms with E-state index in [1.165, 1.54) is 0 Å². The van der Waals surface area contributed by atoms with Gasteiger partial charge in [0, 0.05) is 21.9 Å². The van der Waals surface area contributed by atoms with Crippen molar-refractivity contribution >= 4 is 27.1 Å². The first kappa shape index (κ1) is 11.3. The van der Waals surface area contributed by atoms with E-state index in [0.717, 1.165) is 32.8 Å². The van der Waals surface area contributed by atoms with Crippen LogP contribution in [0.5, 0.6) is 0 Å². The summed E-state index contributed by atoms with van der Waals surface area (Å²) in [5.41, 5.74) is 9.69. The second-order valence-corrected chi connectivity index (χ2v) is 5.15. The maximum Gasteiger partial charge on any atom is 0.110 e. The lowest BCUT2D eigenvalue weighted by molar-refractivity contribution is 1.05. The van der Waals surface area contributed by atoms with E-state index in [9.17, 15) is 0 Å². The molecule has 3 rings (SSSR count). The number of nitrogen functional groups attached to an aromatic ring is 1. The number of imidazole rings is 1. The SMILES string of the molecule is Cc1nc(-c2cccc(Br)c2)c2ccc(N)cn12. The molecular weight excluding hydrogens is 290 g/mol. The van der Waals surface area contributed by atoms with Crippen molar-refractivity contribution in [2.75, 3.05) is 5.73 Å². The van der Waals surface area contributed by atoms with Crippen LogP contribution in [0.25, 0.3) is 16.8 Å². The van der Waals surface area contributed by atoms with E-state index in [-0.39, 0.29) is 0 Å². The molecule has 0 unspecified atom stereocenters. The molecule has 0 aliphatic heterocycles. The number of nitrogens with zero attached hydrogens (tertiary/aromatic N) is 2. The summed E-state index contributed by atoms with van der Waals surface area (Å²) in [4.78, 5) is 4.63. The van der Waals surface area contributed by atoms with Gasteiger partial charge in [0.1, 0.15) is 5.82 Å². The van der Waals surface area contributed by atoms with Crippen LogP contribution < -0.4 is 5.73 Å². The highest BCUT2D eigenvalue weighted by Gasteiger charge is 2.10. The Bertz CT molecular complexity index is 731. The Balaban J connectivity index is 2.30. The molecule has 0 saturated carbocycles. The molecule has 2 aromatic heterocycles. The maximum atomic E-state index is 5.81. The fourth-order valence-electron chi connectivity index (χ4n) is 2.10. The summed E-state index contributed by atoms with van der Waals surface area (Å²) in [6, 6.07) is 12.0. The zero-order valence-electron chi connectivity index (χ0n) is 9.89. The molecule has 2 N–H and O–H groups in total. The number of pyridine rings is 1. The van der Waals surface area contributed by atoms with Crippen molar-refractivity contribution in [3.63, 3.8) is 0 Å². The van der Waals surface area contributed by atoms with Crippen LogP contribution in [0, 0.1) is 6.92 Å². The highest BCUT2D eigenvalue weighted by molar-refractivity contribution is 9.10. The van der Waals surface area contributed by atoms with Crippen molar-refractivity contribution in [2.24, 2.45) is 0 Å². The predicted octanol–water partition coefficient (Wildman–Crippen LogP) is 3.65. The zero-order valence-corrected chi connectivity index (χ0v) is 11.5. The van der Waals surface area contributed by atoms with E-state index >= 15 is 0 Å². The molecule has 3 nitrogen and oxygen atoms in total. The molecule has 18 heavy (non-hydrogen) atoms. The van der Waals surface area contributed by atoms with Crippen molar-refractivity contribution < 1.29 is 0 Å². The first-order valence-electron chi connectivity index (χ1n) is 5.65. The van der Waals surface area contributed by atoms with Crippen LogP contribution in [-0.2, 0) is 0 Å². The van der Waals surface area contributed by atoms with E-state index < -0.39 is 0 Å². The number of hydrogen-bond donors (Lipinski definition) is 1. The summed E-state index contributed by atoms with van der Waals surface area (Å²) in [6.07, 6.45) is 1.90. The van der Waals surface area contributed by atoms with Gasteiger partial charge in [0.05, 0.1) is 11.2 Å². The van der Waals surface area contributed by atoms with Gasteiger partial charge in [-0.15, -0.1) is 0 Å². The van der Waals surface area contributed by atoms with Crippen molar-refractivity contribution in [1.29, 1.82) is 0 Å². The minimum Gasteiger partial charge on any atom is -0.398 e. The highest BCUT2D eigenvalue weighted by atomic mass is 79.9. The molecule has 3 aromatic rings. The van der Waals surface area contributed by atoms with Crippen LogP contribution in [0.3, 0.4) is 0 Å². The van der Waals surface area contributed by atoms with E-state index in [1.807, 2.05) is 41.8 Å². The van der Waals surface area contributed by atoms with Gasteiger partial charge in [0.25, 0.3) is 0 Å². The zero-order chi connectivity index (χ0) is 12.7. The third-order valence-electron chi connectivity index (χ3n) is 2.93. The number of fused-ring (bicyclic) bond motifs is 1. The van der Waals surface area contributed by atoms with E-state index in [0.29, 0.717) is 0 Å². The van der Waals surface area contributed by atoms with Crippen LogP contribution in [0.2, 0.25) is 0 Å². The molecule has 0 bridgehead atoms. The Morgan fingerprint density at radius 3 is 2.83 bits per heavy atom. The van der Waals surface area contributed by atoms with Gasteiger partial charge in [0.15, 0.2) is 0 Å². The summed E-state index contributed by atoms with van der Waals surface area (Å²) in [7, 11) is 0. The van der Waals surface area contributed by atoms with Crippen LogP contribution in [0.15, 0.2) is 47.1 Å². The highest BCUT2D eigenvalue weighted by Crippen LogP contribution is 2.27. The van der Waals surface area contributed by atoms with Gasteiger partial charge in [-0.1, -0.05) is 28.1 Å². The molecule has 1 aromatic carbocycles. The normalized spacial score (nSPS) is 11.0. The fraction of sp³-hybridized carbons (Fsp3) is 0.0714. The minimum absolute atomic E-state index is 0.740. The topological polar surface area (TPSA) is 43.3 Å². The Kier molecular flexibility index (Phi) is 2.59. The average Bonchev–Trinajstić information content (AvgIpc) is 2.67. The molecule has 2 heterocycles. The Morgan fingerprint density at radius 2 is 2.06 bits per heavy atom. The van der Waals surface area contributed by atoms with E-state index in [4.69, 9.17) is 5.73 Å². The lowest BCUT2D eigenvalue weighted by atomic mass is 10.1. The molecule has 90 valence electrons. The van der Waals surface area contributed by atoms with Crippen LogP contribution in [0.1, 0.15) is 5.82 Å². The fourth-order valence-corrected chi connectivity index (χ4v) is 2.50. The van der Waals surface area contributed by atoms with Gasteiger partial charge in [-0.05, 0) is 31.2 Å². The lowest BCUT2D eigenvalue weighted by Gasteiger charge is -2.01. The van der Waals surface area contributed by atoms with Gasteiger partial charge >= 0.3 is 0 Å². The number of aryl methyl sites for hydroxylation is 1. The second-order valence-electron chi connectivity index (χ2n) is 4.24. The molecule has 0 amide bonds. The standard InChI is InChI=1S/C14H12BrN3/c1-9-17-14(10-3-2-4-11(15)7-10)13-6-5-12(16)8-18(9)13/h2-8H,16H2,1H3. The molecule has 0 atom stereocenters. The lowest BCUT2D eigenvalue weighted by Crippen LogP contribution is -1.91. The number of rotatable bonds is 1. The van der Waals surface area contributed by atoms with E-state index in [1.54, 1.807) is 0 Å². The number of aromatic nitrogens is 2. The van der Waals surface area contributed by atoms with Crippen molar-refractivity contribution in [3.8, 4) is 11.3 Å². The van der Waals surface area contributed by atoms with Crippen molar-refractivity contribution in [1.82, 2.24) is 9.38 Å². The van der Waals surface area contributed by atoms with Gasteiger partial charge in [0.2, 0.25) is 0 Å². The molecule has 0 fully saturated rings. The molecular formula is C14H12BrN3. The Labute approximate surface area is 113 Å². The largest absolute Gasteiger partial charge is 0.398 e. The van der Waals surface area contributed by atoms with Crippen molar-refractivity contribution in [2.45, 2.75) is 6.92 Å². The first-order valence-corrected chi connectivity index (χ1v) is 6.44. The number of halogens is 1. The number of nitrogens with two attached hydrogens (primary N) is 1. The number of anilines is 1. The maximum absolute atomic E-state index is 5.81. The minimum atomic E-state index is 0.740. The molecule has 4 heteroatoms. The predicted molar refractivity (Wildman–Crippen MR) is 77.5 cm³/mol. The monoisotopic (exact) mass is 301 g/mol.